The van der Waals surface area contributed by atoms with Gasteiger partial charge in [-0.1, -0.05) is 0 Å². The van der Waals surface area contributed by atoms with Crippen molar-refractivity contribution in [2.75, 3.05) is 46.8 Å². The second-order valence-electron chi connectivity index (χ2n) is 4.16. The van der Waals surface area contributed by atoms with E-state index in [-0.39, 0.29) is 0 Å². The van der Waals surface area contributed by atoms with E-state index in [9.17, 15) is 0 Å². The Morgan fingerprint density at radius 2 is 1.43 bits per heavy atom. The lowest BCUT2D eigenvalue weighted by Crippen LogP contribution is -2.12. The Hall–Kier alpha value is -0.180. The molecular weight excluding hydrogens is 406 g/mol. The molecule has 120 valence electrons. The zero-order valence-electron chi connectivity index (χ0n) is 12.1. The molecule has 0 aliphatic carbocycles. The summed E-state index contributed by atoms with van der Waals surface area (Å²) in [4.78, 5) is 0. The normalized spacial score (nSPS) is 10.9. The van der Waals surface area contributed by atoms with Crippen LogP contribution in [-0.2, 0) is 20.8 Å². The number of methoxy groups -OCH3 is 1. The van der Waals surface area contributed by atoms with Gasteiger partial charge >= 0.3 is 0 Å². The fourth-order valence-electron chi connectivity index (χ4n) is 1.54. The first-order valence-electron chi connectivity index (χ1n) is 6.64. The lowest BCUT2D eigenvalue weighted by atomic mass is 10.2. The molecule has 0 aromatic heterocycles. The average Bonchev–Trinajstić information content (AvgIpc) is 2.47. The van der Waals surface area contributed by atoms with Crippen LogP contribution in [-0.4, -0.2) is 46.8 Å². The molecule has 0 bridgehead atoms. The molecule has 0 aliphatic rings. The third kappa shape index (κ3) is 7.58. The van der Waals surface area contributed by atoms with Gasteiger partial charge in [0.2, 0.25) is 0 Å². The summed E-state index contributed by atoms with van der Waals surface area (Å²) in [5, 5.41) is 0. The maximum absolute atomic E-state index is 5.69. The van der Waals surface area contributed by atoms with Crippen LogP contribution < -0.4 is 10.5 Å². The average molecular weight is 427 g/mol. The Bertz CT molecular complexity index is 395. The first-order valence-corrected chi connectivity index (χ1v) is 8.22. The molecule has 1 rings (SSSR count). The van der Waals surface area contributed by atoms with Crippen LogP contribution in [0.15, 0.2) is 21.1 Å². The molecule has 5 nitrogen and oxygen atoms in total. The summed E-state index contributed by atoms with van der Waals surface area (Å²) in [5.41, 5.74) is 6.65. The van der Waals surface area contributed by atoms with Gasteiger partial charge in [0.05, 0.1) is 42.0 Å². The van der Waals surface area contributed by atoms with Crippen molar-refractivity contribution in [2.24, 2.45) is 5.73 Å². The second-order valence-corrected chi connectivity index (χ2v) is 5.87. The summed E-state index contributed by atoms with van der Waals surface area (Å²) in [7, 11) is 1.65. The number of nitrogens with two attached hydrogens (primary N) is 1. The van der Waals surface area contributed by atoms with Gasteiger partial charge in [0.1, 0.15) is 12.4 Å². The van der Waals surface area contributed by atoms with Gasteiger partial charge in [0, 0.05) is 13.7 Å². The van der Waals surface area contributed by atoms with Gasteiger partial charge in [-0.15, -0.1) is 0 Å². The maximum atomic E-state index is 5.69. The Kier molecular flexibility index (Phi) is 10.2. The van der Waals surface area contributed by atoms with Crippen LogP contribution in [0, 0.1) is 0 Å². The number of hydrogen-bond donors (Lipinski definition) is 1. The van der Waals surface area contributed by atoms with Crippen molar-refractivity contribution >= 4 is 31.9 Å². The van der Waals surface area contributed by atoms with Crippen LogP contribution in [0.4, 0.5) is 0 Å². The molecule has 0 aliphatic heterocycles. The molecule has 0 saturated heterocycles. The summed E-state index contributed by atoms with van der Waals surface area (Å²) in [6, 6.07) is 3.90. The van der Waals surface area contributed by atoms with Crippen LogP contribution in [0.2, 0.25) is 0 Å². The molecule has 0 spiro atoms. The molecule has 0 saturated carbocycles. The van der Waals surface area contributed by atoms with E-state index >= 15 is 0 Å². The SMILES string of the molecule is COCCOCCOCCOc1c(Br)cc(CN)cc1Br. The van der Waals surface area contributed by atoms with Crippen molar-refractivity contribution in [3.05, 3.63) is 26.6 Å². The molecule has 0 radical (unpaired) electrons. The van der Waals surface area contributed by atoms with E-state index < -0.39 is 0 Å². The Morgan fingerprint density at radius 1 is 0.905 bits per heavy atom. The van der Waals surface area contributed by atoms with E-state index in [2.05, 4.69) is 31.9 Å². The van der Waals surface area contributed by atoms with Gasteiger partial charge in [-0.05, 0) is 49.6 Å². The molecule has 0 amide bonds. The standard InChI is InChI=1S/C14H21Br2NO4/c1-18-2-3-19-4-5-20-6-7-21-14-12(15)8-11(10-17)9-13(14)16/h8-9H,2-7,10,17H2,1H3. The highest BCUT2D eigenvalue weighted by Crippen LogP contribution is 2.34. The van der Waals surface area contributed by atoms with Crippen molar-refractivity contribution in [1.29, 1.82) is 0 Å². The summed E-state index contributed by atoms with van der Waals surface area (Å²) >= 11 is 6.95. The van der Waals surface area contributed by atoms with Crippen molar-refractivity contribution in [3.8, 4) is 5.75 Å². The number of benzene rings is 1. The number of halogens is 2. The lowest BCUT2D eigenvalue weighted by molar-refractivity contribution is 0.0178. The minimum atomic E-state index is 0.469. The molecule has 7 heteroatoms. The fourth-order valence-corrected chi connectivity index (χ4v) is 3.05. The largest absolute Gasteiger partial charge is 0.489 e. The topological polar surface area (TPSA) is 62.9 Å². The van der Waals surface area contributed by atoms with E-state index in [4.69, 9.17) is 24.7 Å². The summed E-state index contributed by atoms with van der Waals surface area (Å²) in [6.45, 7) is 3.75. The number of rotatable bonds is 11. The molecule has 0 unspecified atom stereocenters. The number of hydrogen-bond acceptors (Lipinski definition) is 5. The van der Waals surface area contributed by atoms with Gasteiger partial charge in [0.15, 0.2) is 0 Å². The third-order valence-corrected chi connectivity index (χ3v) is 3.75. The van der Waals surface area contributed by atoms with Crippen molar-refractivity contribution in [2.45, 2.75) is 6.54 Å². The van der Waals surface area contributed by atoms with E-state index in [0.29, 0.717) is 46.2 Å². The minimum Gasteiger partial charge on any atom is -0.489 e. The quantitative estimate of drug-likeness (QED) is 0.551. The molecule has 0 heterocycles. The zero-order chi connectivity index (χ0) is 15.5. The van der Waals surface area contributed by atoms with Crippen LogP contribution in [0.3, 0.4) is 0 Å². The molecule has 21 heavy (non-hydrogen) atoms. The monoisotopic (exact) mass is 425 g/mol. The smallest absolute Gasteiger partial charge is 0.147 e. The van der Waals surface area contributed by atoms with Crippen LogP contribution in [0.1, 0.15) is 5.56 Å². The van der Waals surface area contributed by atoms with Crippen molar-refractivity contribution < 1.29 is 18.9 Å². The predicted molar refractivity (Wildman–Crippen MR) is 88.7 cm³/mol. The highest BCUT2D eigenvalue weighted by atomic mass is 79.9. The maximum Gasteiger partial charge on any atom is 0.147 e. The summed E-state index contributed by atoms with van der Waals surface area (Å²) in [6.07, 6.45) is 0. The second kappa shape index (κ2) is 11.4. The summed E-state index contributed by atoms with van der Waals surface area (Å²) in [5.74, 6) is 0.757. The highest BCUT2D eigenvalue weighted by molar-refractivity contribution is 9.11. The number of ether oxygens (including phenoxy) is 4. The van der Waals surface area contributed by atoms with Crippen molar-refractivity contribution in [3.63, 3.8) is 0 Å². The van der Waals surface area contributed by atoms with E-state index in [1.807, 2.05) is 12.1 Å². The van der Waals surface area contributed by atoms with Gasteiger partial charge in [-0.2, -0.15) is 0 Å². The molecule has 1 aromatic rings. The first kappa shape index (κ1) is 18.9. The van der Waals surface area contributed by atoms with Gasteiger partial charge in [-0.25, -0.2) is 0 Å². The fraction of sp³-hybridized carbons (Fsp3) is 0.571. The lowest BCUT2D eigenvalue weighted by Gasteiger charge is -2.12. The molecular formula is C14H21Br2NO4. The third-order valence-electron chi connectivity index (χ3n) is 2.57. The summed E-state index contributed by atoms with van der Waals surface area (Å²) < 4.78 is 23.0. The van der Waals surface area contributed by atoms with Gasteiger partial charge < -0.3 is 24.7 Å². The van der Waals surface area contributed by atoms with Gasteiger partial charge in [0.25, 0.3) is 0 Å². The minimum absolute atomic E-state index is 0.469. The van der Waals surface area contributed by atoms with E-state index in [0.717, 1.165) is 20.3 Å². The van der Waals surface area contributed by atoms with Crippen molar-refractivity contribution in [1.82, 2.24) is 0 Å². The molecule has 2 N–H and O–H groups in total. The Balaban J connectivity index is 2.18. The molecule has 0 fully saturated rings. The zero-order valence-corrected chi connectivity index (χ0v) is 15.2. The van der Waals surface area contributed by atoms with E-state index in [1.165, 1.54) is 0 Å². The Labute approximate surface area is 142 Å². The Morgan fingerprint density at radius 3 is 1.95 bits per heavy atom. The van der Waals surface area contributed by atoms with Crippen LogP contribution in [0.5, 0.6) is 5.75 Å². The molecule has 0 atom stereocenters. The van der Waals surface area contributed by atoms with Gasteiger partial charge in [-0.3, -0.25) is 0 Å². The predicted octanol–water partition coefficient (Wildman–Crippen LogP) is 2.73. The van der Waals surface area contributed by atoms with E-state index in [1.54, 1.807) is 7.11 Å². The highest BCUT2D eigenvalue weighted by Gasteiger charge is 2.08. The molecule has 1 aromatic carbocycles. The first-order chi connectivity index (χ1) is 10.2. The van der Waals surface area contributed by atoms with Crippen LogP contribution in [0.25, 0.3) is 0 Å². The van der Waals surface area contributed by atoms with Crippen LogP contribution >= 0.6 is 31.9 Å².